The first-order valence-corrected chi connectivity index (χ1v) is 12.0. The fourth-order valence-electron chi connectivity index (χ4n) is 5.10. The van der Waals surface area contributed by atoms with Gasteiger partial charge in [-0.2, -0.15) is 26.3 Å². The molecule has 14 heteroatoms. The molecule has 4 amide bonds. The van der Waals surface area contributed by atoms with E-state index in [1.54, 1.807) is 0 Å². The van der Waals surface area contributed by atoms with Crippen molar-refractivity contribution in [2.24, 2.45) is 0 Å². The smallest absolute Gasteiger partial charge is 0.420 e. The van der Waals surface area contributed by atoms with E-state index in [-0.39, 0.29) is 22.1 Å². The van der Waals surface area contributed by atoms with Gasteiger partial charge in [0, 0.05) is 12.6 Å². The van der Waals surface area contributed by atoms with Crippen molar-refractivity contribution in [3.8, 4) is 11.5 Å². The lowest BCUT2D eigenvalue weighted by molar-refractivity contribution is -0.173. The number of carbonyl (C=O) groups is 4. The molecule has 3 aromatic carbocycles. The second-order valence-corrected chi connectivity index (χ2v) is 10.0. The number of phenolic OH excluding ortho intramolecular Hbond substituents is 2. The van der Waals surface area contributed by atoms with Crippen molar-refractivity contribution < 1.29 is 55.7 Å². The van der Waals surface area contributed by atoms with Crippen LogP contribution < -0.4 is 4.90 Å². The summed E-state index contributed by atoms with van der Waals surface area (Å²) in [5, 5.41) is 20.3. The number of fused-ring (bicyclic) bond motifs is 2. The molecule has 2 N–H and O–H groups in total. The zero-order chi connectivity index (χ0) is 31.3. The normalized spacial score (nSPS) is 16.7. The number of rotatable bonds is 3. The SMILES string of the molecule is Cc1c(O)c(N2C(=O)c3ccc(C(C)(c4ccc5c(c4)C(=O)N(C)C5=O)C(F)(F)F)cc3C2=O)cc(C(F)(F)F)c1O. The Hall–Kier alpha value is -4.88. The number of hydrogen-bond donors (Lipinski definition) is 2. The summed E-state index contributed by atoms with van der Waals surface area (Å²) in [4.78, 5) is 52.1. The molecule has 0 aromatic heterocycles. The molecule has 0 bridgehead atoms. The molecule has 0 radical (unpaired) electrons. The van der Waals surface area contributed by atoms with Crippen molar-refractivity contribution in [2.75, 3.05) is 11.9 Å². The number of phenols is 2. The predicted molar refractivity (Wildman–Crippen MR) is 132 cm³/mol. The summed E-state index contributed by atoms with van der Waals surface area (Å²) < 4.78 is 84.8. The number of anilines is 1. The van der Waals surface area contributed by atoms with Crippen molar-refractivity contribution in [1.29, 1.82) is 0 Å². The molecule has 2 heterocycles. The lowest BCUT2D eigenvalue weighted by Crippen LogP contribution is -2.41. The van der Waals surface area contributed by atoms with Crippen LogP contribution in [-0.4, -0.2) is 52.0 Å². The van der Waals surface area contributed by atoms with Crippen LogP contribution in [0.25, 0.3) is 0 Å². The molecule has 5 rings (SSSR count). The minimum Gasteiger partial charge on any atom is -0.507 e. The van der Waals surface area contributed by atoms with Gasteiger partial charge < -0.3 is 10.2 Å². The van der Waals surface area contributed by atoms with E-state index in [1.165, 1.54) is 7.05 Å². The summed E-state index contributed by atoms with van der Waals surface area (Å²) in [6.07, 6.45) is -10.2. The minimum atomic E-state index is -5.14. The summed E-state index contributed by atoms with van der Waals surface area (Å²) in [7, 11) is 1.17. The first-order valence-electron chi connectivity index (χ1n) is 12.0. The fourth-order valence-corrected chi connectivity index (χ4v) is 5.10. The van der Waals surface area contributed by atoms with Crippen LogP contribution in [-0.2, 0) is 11.6 Å². The quantitative estimate of drug-likeness (QED) is 0.314. The molecule has 2 aliphatic rings. The van der Waals surface area contributed by atoms with Crippen molar-refractivity contribution >= 4 is 29.3 Å². The predicted octanol–water partition coefficient (Wildman–Crippen LogP) is 5.32. The van der Waals surface area contributed by atoms with Gasteiger partial charge in [0.1, 0.15) is 16.9 Å². The van der Waals surface area contributed by atoms with Crippen LogP contribution in [0, 0.1) is 6.92 Å². The Morgan fingerprint density at radius 1 is 0.667 bits per heavy atom. The molecule has 8 nitrogen and oxygen atoms in total. The summed E-state index contributed by atoms with van der Waals surface area (Å²) in [5.74, 6) is -6.38. The van der Waals surface area contributed by atoms with Gasteiger partial charge in [-0.1, -0.05) is 12.1 Å². The fraction of sp³-hybridized carbons (Fsp3) is 0.214. The molecule has 0 saturated heterocycles. The van der Waals surface area contributed by atoms with Gasteiger partial charge >= 0.3 is 12.4 Å². The molecular weight excluding hydrogens is 574 g/mol. The van der Waals surface area contributed by atoms with Gasteiger partial charge in [-0.15, -0.1) is 0 Å². The summed E-state index contributed by atoms with van der Waals surface area (Å²) >= 11 is 0. The highest BCUT2D eigenvalue weighted by Crippen LogP contribution is 2.49. The van der Waals surface area contributed by atoms with Crippen LogP contribution >= 0.6 is 0 Å². The molecule has 218 valence electrons. The number of hydrogen-bond acceptors (Lipinski definition) is 6. The summed E-state index contributed by atoms with van der Waals surface area (Å²) in [6, 6.07) is 5.80. The van der Waals surface area contributed by atoms with Gasteiger partial charge in [0.15, 0.2) is 0 Å². The Balaban J connectivity index is 1.65. The number of aromatic hydroxyl groups is 2. The number of alkyl halides is 6. The van der Waals surface area contributed by atoms with Crippen molar-refractivity contribution in [3.05, 3.63) is 87.0 Å². The maximum atomic E-state index is 14.7. The largest absolute Gasteiger partial charge is 0.507 e. The standard InChI is InChI=1S/C28H18F6N2O6/c1-11-20(37)18(27(29,30)31)10-19(21(11)38)36-24(41)15-7-5-13(9-17(15)25(36)42)26(2,28(32,33)34)12-4-6-14-16(8-12)23(40)35(3)22(14)39/h4-10,37-38H,1-3H3. The van der Waals surface area contributed by atoms with Crippen molar-refractivity contribution in [1.82, 2.24) is 4.90 Å². The molecular formula is C28H18F6N2O6. The minimum absolute atomic E-state index is 0.0941. The van der Waals surface area contributed by atoms with Crippen LogP contribution in [0.5, 0.6) is 11.5 Å². The summed E-state index contributed by atoms with van der Waals surface area (Å²) in [5.41, 5.74) is -8.53. The Labute approximate surface area is 232 Å². The Morgan fingerprint density at radius 2 is 1.12 bits per heavy atom. The lowest BCUT2D eigenvalue weighted by atomic mass is 9.74. The Kier molecular flexibility index (Phi) is 6.01. The number of benzene rings is 3. The highest BCUT2D eigenvalue weighted by molar-refractivity contribution is 6.35. The van der Waals surface area contributed by atoms with E-state index in [9.17, 15) is 55.7 Å². The first-order chi connectivity index (χ1) is 19.3. The van der Waals surface area contributed by atoms with Gasteiger partial charge in [-0.05, 0) is 55.3 Å². The van der Waals surface area contributed by atoms with E-state index in [2.05, 4.69) is 0 Å². The van der Waals surface area contributed by atoms with E-state index in [1.807, 2.05) is 0 Å². The average molecular weight is 592 g/mol. The van der Waals surface area contributed by atoms with Gasteiger partial charge in [-0.3, -0.25) is 24.1 Å². The van der Waals surface area contributed by atoms with Gasteiger partial charge in [-0.25, -0.2) is 4.90 Å². The van der Waals surface area contributed by atoms with E-state index in [4.69, 9.17) is 0 Å². The van der Waals surface area contributed by atoms with E-state index < -0.39 is 92.0 Å². The zero-order valence-electron chi connectivity index (χ0n) is 21.7. The summed E-state index contributed by atoms with van der Waals surface area (Å²) in [6.45, 7) is 1.69. The van der Waals surface area contributed by atoms with Gasteiger partial charge in [0.05, 0.1) is 33.5 Å². The van der Waals surface area contributed by atoms with Crippen molar-refractivity contribution in [2.45, 2.75) is 31.6 Å². The van der Waals surface area contributed by atoms with E-state index >= 15 is 0 Å². The molecule has 42 heavy (non-hydrogen) atoms. The van der Waals surface area contributed by atoms with E-state index in [0.717, 1.165) is 55.1 Å². The highest BCUT2D eigenvalue weighted by atomic mass is 19.4. The monoisotopic (exact) mass is 592 g/mol. The average Bonchev–Trinajstić information content (AvgIpc) is 3.29. The van der Waals surface area contributed by atoms with Crippen LogP contribution in [0.4, 0.5) is 32.0 Å². The maximum absolute atomic E-state index is 14.7. The van der Waals surface area contributed by atoms with Crippen LogP contribution in [0.15, 0.2) is 42.5 Å². The third-order valence-electron chi connectivity index (χ3n) is 7.73. The number of nitrogens with zero attached hydrogens (tertiary/aromatic N) is 2. The maximum Gasteiger partial charge on any atom is 0.420 e. The second-order valence-electron chi connectivity index (χ2n) is 10.0. The molecule has 2 aliphatic heterocycles. The van der Waals surface area contributed by atoms with Gasteiger partial charge in [0.2, 0.25) is 0 Å². The van der Waals surface area contributed by atoms with E-state index in [0.29, 0.717) is 0 Å². The van der Waals surface area contributed by atoms with Crippen LogP contribution in [0.1, 0.15) is 70.6 Å². The molecule has 1 atom stereocenters. The van der Waals surface area contributed by atoms with Crippen molar-refractivity contribution in [3.63, 3.8) is 0 Å². The molecule has 0 fully saturated rings. The number of imide groups is 2. The second kappa shape index (κ2) is 8.81. The molecule has 3 aromatic rings. The molecule has 1 unspecified atom stereocenters. The number of carbonyl (C=O) groups excluding carboxylic acids is 4. The van der Waals surface area contributed by atoms with Gasteiger partial charge in [0.25, 0.3) is 23.6 Å². The Morgan fingerprint density at radius 3 is 1.62 bits per heavy atom. The molecule has 0 spiro atoms. The topological polar surface area (TPSA) is 115 Å². The molecule has 0 saturated carbocycles. The number of amides is 4. The van der Waals surface area contributed by atoms with Crippen LogP contribution in [0.3, 0.4) is 0 Å². The lowest BCUT2D eigenvalue weighted by Gasteiger charge is -2.33. The molecule has 0 aliphatic carbocycles. The third kappa shape index (κ3) is 3.77. The third-order valence-corrected chi connectivity index (χ3v) is 7.73. The number of halogens is 6. The Bertz CT molecular complexity index is 1760. The van der Waals surface area contributed by atoms with Crippen LogP contribution in [0.2, 0.25) is 0 Å². The first kappa shape index (κ1) is 28.6. The zero-order valence-corrected chi connectivity index (χ0v) is 21.7. The highest BCUT2D eigenvalue weighted by Gasteiger charge is 2.55.